The van der Waals surface area contributed by atoms with Gasteiger partial charge in [0.05, 0.1) is 31.6 Å². The first-order chi connectivity index (χ1) is 11.3. The fourth-order valence-electron chi connectivity index (χ4n) is 2.49. The van der Waals surface area contributed by atoms with E-state index in [0.717, 1.165) is 10.8 Å². The Morgan fingerprint density at radius 2 is 1.50 bits per heavy atom. The van der Waals surface area contributed by atoms with Crippen molar-refractivity contribution < 1.29 is 27.5 Å². The molecule has 10 heteroatoms. The van der Waals surface area contributed by atoms with Gasteiger partial charge in [-0.25, -0.2) is 18.0 Å². The number of alkyl carbamates (subject to hydrolysis) is 2. The Hall–Kier alpha value is -1.68. The minimum Gasteiger partial charge on any atom is -0.453 e. The minimum absolute atomic E-state index is 0.238. The highest BCUT2D eigenvalue weighted by Gasteiger charge is 2.34. The Balaban J connectivity index is 1.85. The van der Waals surface area contributed by atoms with Crippen LogP contribution in [-0.2, 0) is 18.3 Å². The smallest absolute Gasteiger partial charge is 0.407 e. The second-order valence-corrected chi connectivity index (χ2v) is 9.75. The molecule has 2 rings (SSSR count). The molecule has 0 spiro atoms. The van der Waals surface area contributed by atoms with Crippen molar-refractivity contribution in [3.05, 3.63) is 24.3 Å². The minimum atomic E-state index is -3.43. The summed E-state index contributed by atoms with van der Waals surface area (Å²) >= 11 is 0. The summed E-state index contributed by atoms with van der Waals surface area (Å²) in [5, 5.41) is 4.28. The van der Waals surface area contributed by atoms with E-state index in [1.54, 1.807) is 24.3 Å². The predicted molar refractivity (Wildman–Crippen MR) is 90.3 cm³/mol. The van der Waals surface area contributed by atoms with Gasteiger partial charge in [0.1, 0.15) is 0 Å². The van der Waals surface area contributed by atoms with Crippen molar-refractivity contribution in [1.29, 1.82) is 0 Å². The molecule has 0 aromatic heterocycles. The van der Waals surface area contributed by atoms with Gasteiger partial charge >= 0.3 is 12.2 Å². The van der Waals surface area contributed by atoms with Gasteiger partial charge in [0.2, 0.25) is 8.87 Å². The van der Waals surface area contributed by atoms with Crippen LogP contribution in [-0.4, -0.2) is 57.4 Å². The maximum atomic E-state index is 12.5. The summed E-state index contributed by atoms with van der Waals surface area (Å²) in [7, 11) is -0.0368. The van der Waals surface area contributed by atoms with E-state index in [4.69, 9.17) is 0 Å². The number of carbonyl (C=O) groups is 2. The Morgan fingerprint density at radius 3 is 2.08 bits per heavy atom. The summed E-state index contributed by atoms with van der Waals surface area (Å²) in [6.07, 6.45) is 6.41. The van der Waals surface area contributed by atoms with Gasteiger partial charge in [-0.15, -0.1) is 0 Å². The lowest BCUT2D eigenvalue weighted by molar-refractivity contribution is 0.167. The van der Waals surface area contributed by atoms with Crippen LogP contribution in [0.4, 0.5) is 9.59 Å². The predicted octanol–water partition coefficient (Wildman–Crippen LogP) is 1.16. The SMILES string of the molecule is COC(=O)N[C@@H]1C=C[C@H](SS(=O)(=O)[C@H]2C=C[C@@H](NC(=O)OC)C2)C1. The van der Waals surface area contributed by atoms with Crippen molar-refractivity contribution in [2.75, 3.05) is 14.2 Å². The summed E-state index contributed by atoms with van der Waals surface area (Å²) in [5.41, 5.74) is 0. The van der Waals surface area contributed by atoms with Crippen LogP contribution in [0.5, 0.6) is 0 Å². The molecular weight excluding hydrogens is 356 g/mol. The van der Waals surface area contributed by atoms with Crippen LogP contribution in [0.25, 0.3) is 0 Å². The number of methoxy groups -OCH3 is 2. The third kappa shape index (κ3) is 4.91. The van der Waals surface area contributed by atoms with Crippen LogP contribution >= 0.6 is 10.8 Å². The van der Waals surface area contributed by atoms with Crippen LogP contribution in [0, 0.1) is 0 Å². The molecule has 8 nitrogen and oxygen atoms in total. The monoisotopic (exact) mass is 376 g/mol. The van der Waals surface area contributed by atoms with Gasteiger partial charge in [-0.1, -0.05) is 24.3 Å². The fourth-order valence-corrected chi connectivity index (χ4v) is 6.47. The zero-order chi connectivity index (χ0) is 17.7. The summed E-state index contributed by atoms with van der Waals surface area (Å²) < 4.78 is 34.0. The lowest BCUT2D eigenvalue weighted by atomic mass is 10.3. The zero-order valence-electron chi connectivity index (χ0n) is 13.3. The van der Waals surface area contributed by atoms with Crippen LogP contribution in [0.15, 0.2) is 24.3 Å². The van der Waals surface area contributed by atoms with Crippen molar-refractivity contribution in [3.63, 3.8) is 0 Å². The van der Waals surface area contributed by atoms with Gasteiger partial charge in [0.15, 0.2) is 0 Å². The molecule has 134 valence electrons. The van der Waals surface area contributed by atoms with Crippen molar-refractivity contribution in [3.8, 4) is 0 Å². The molecule has 0 unspecified atom stereocenters. The number of hydrogen-bond acceptors (Lipinski definition) is 7. The second kappa shape index (κ2) is 7.93. The van der Waals surface area contributed by atoms with Gasteiger partial charge in [0.25, 0.3) is 0 Å². The average molecular weight is 376 g/mol. The van der Waals surface area contributed by atoms with Crippen LogP contribution in [0.2, 0.25) is 0 Å². The molecule has 0 saturated heterocycles. The van der Waals surface area contributed by atoms with E-state index in [1.807, 2.05) is 0 Å². The maximum absolute atomic E-state index is 12.5. The highest BCUT2D eigenvalue weighted by atomic mass is 33.1. The standard InChI is InChI=1S/C14H20N2O6S2/c1-21-13(17)15-9-3-5-11(7-9)23-24(19,20)12-6-4-10(8-12)16-14(18)22-2/h3-6,9-12H,7-8H2,1-2H3,(H,15,17)(H,16,18)/t9-,10-,11+,12+/m1/s1. The molecule has 0 aromatic carbocycles. The highest BCUT2D eigenvalue weighted by molar-refractivity contribution is 8.72. The van der Waals surface area contributed by atoms with Gasteiger partial charge in [-0.05, 0) is 23.6 Å². The van der Waals surface area contributed by atoms with E-state index in [-0.39, 0.29) is 23.8 Å². The normalized spacial score (nSPS) is 28.6. The molecule has 2 N–H and O–H groups in total. The molecule has 0 radical (unpaired) electrons. The number of amides is 2. The molecule has 4 atom stereocenters. The van der Waals surface area contributed by atoms with E-state index in [1.165, 1.54) is 14.2 Å². The molecule has 2 aliphatic rings. The summed E-state index contributed by atoms with van der Waals surface area (Å²) in [4.78, 5) is 22.3. The summed E-state index contributed by atoms with van der Waals surface area (Å²) in [6.45, 7) is 0. The van der Waals surface area contributed by atoms with Gasteiger partial charge < -0.3 is 20.1 Å². The first-order valence-corrected chi connectivity index (χ1v) is 10.3. The molecule has 2 amide bonds. The average Bonchev–Trinajstić information content (AvgIpc) is 3.16. The Morgan fingerprint density at radius 1 is 0.958 bits per heavy atom. The van der Waals surface area contributed by atoms with Crippen molar-refractivity contribution in [2.45, 2.75) is 35.4 Å². The first kappa shape index (κ1) is 18.7. The van der Waals surface area contributed by atoms with E-state index in [0.29, 0.717) is 6.42 Å². The molecule has 0 bridgehead atoms. The number of nitrogens with one attached hydrogen (secondary N) is 2. The van der Waals surface area contributed by atoms with Crippen LogP contribution in [0.1, 0.15) is 12.8 Å². The molecule has 0 aliphatic heterocycles. The van der Waals surface area contributed by atoms with E-state index < -0.39 is 26.3 Å². The molecular formula is C14H20N2O6S2. The van der Waals surface area contributed by atoms with Crippen molar-refractivity contribution in [2.24, 2.45) is 0 Å². The van der Waals surface area contributed by atoms with Crippen LogP contribution in [0.3, 0.4) is 0 Å². The number of hydrogen-bond donors (Lipinski definition) is 2. The Labute approximate surface area is 144 Å². The Bertz CT molecular complexity index is 646. The zero-order valence-corrected chi connectivity index (χ0v) is 14.9. The van der Waals surface area contributed by atoms with Crippen molar-refractivity contribution >= 4 is 31.8 Å². The van der Waals surface area contributed by atoms with Gasteiger partial charge in [-0.3, -0.25) is 0 Å². The van der Waals surface area contributed by atoms with Gasteiger partial charge in [0, 0.05) is 5.25 Å². The largest absolute Gasteiger partial charge is 0.453 e. The van der Waals surface area contributed by atoms with E-state index in [2.05, 4.69) is 20.1 Å². The highest BCUT2D eigenvalue weighted by Crippen LogP contribution is 2.34. The number of rotatable bonds is 5. The first-order valence-electron chi connectivity index (χ1n) is 7.31. The van der Waals surface area contributed by atoms with Gasteiger partial charge in [-0.2, -0.15) is 0 Å². The molecule has 0 heterocycles. The fraction of sp³-hybridized carbons (Fsp3) is 0.571. The summed E-state index contributed by atoms with van der Waals surface area (Å²) in [5.74, 6) is 0. The number of carbonyl (C=O) groups excluding carboxylic acids is 2. The third-order valence-electron chi connectivity index (χ3n) is 3.69. The second-order valence-electron chi connectivity index (χ2n) is 5.39. The van der Waals surface area contributed by atoms with E-state index in [9.17, 15) is 18.0 Å². The summed E-state index contributed by atoms with van der Waals surface area (Å²) in [6, 6.07) is -0.594. The quantitative estimate of drug-likeness (QED) is 0.547. The molecule has 0 saturated carbocycles. The number of ether oxygens (including phenoxy) is 2. The lowest BCUT2D eigenvalue weighted by Gasteiger charge is -2.16. The molecule has 0 fully saturated rings. The lowest BCUT2D eigenvalue weighted by Crippen LogP contribution is -2.34. The van der Waals surface area contributed by atoms with E-state index >= 15 is 0 Å². The molecule has 24 heavy (non-hydrogen) atoms. The van der Waals surface area contributed by atoms with Crippen molar-refractivity contribution in [1.82, 2.24) is 10.6 Å². The van der Waals surface area contributed by atoms with Crippen LogP contribution < -0.4 is 10.6 Å². The maximum Gasteiger partial charge on any atom is 0.407 e. The third-order valence-corrected chi connectivity index (χ3v) is 7.94. The Kier molecular flexibility index (Phi) is 6.16. The molecule has 0 aromatic rings. The molecule has 2 aliphatic carbocycles. The topological polar surface area (TPSA) is 111 Å².